The van der Waals surface area contributed by atoms with Crippen LogP contribution in [0.15, 0.2) is 42.9 Å². The molecule has 3 rings (SSSR count). The van der Waals surface area contributed by atoms with Gasteiger partial charge >= 0.3 is 6.18 Å². The minimum absolute atomic E-state index is 0.00466. The van der Waals surface area contributed by atoms with Crippen LogP contribution < -0.4 is 5.32 Å². The number of anilines is 2. The smallest absolute Gasteiger partial charge is 0.390 e. The Labute approximate surface area is 164 Å². The van der Waals surface area contributed by atoms with E-state index < -0.39 is 18.0 Å². The summed E-state index contributed by atoms with van der Waals surface area (Å²) in [4.78, 5) is 7.35. The monoisotopic (exact) mass is 402 g/mol. The second-order valence-corrected chi connectivity index (χ2v) is 6.44. The predicted octanol–water partition coefficient (Wildman–Crippen LogP) is 3.69. The maximum Gasteiger partial charge on any atom is 0.433 e. The van der Waals surface area contributed by atoms with Gasteiger partial charge in [0.1, 0.15) is 5.69 Å². The van der Waals surface area contributed by atoms with Gasteiger partial charge < -0.3 is 10.4 Å². The maximum absolute atomic E-state index is 12.8. The number of aryl methyl sites for hydroxylation is 1. The van der Waals surface area contributed by atoms with Crippen LogP contribution in [-0.4, -0.2) is 31.0 Å². The third-order valence-electron chi connectivity index (χ3n) is 3.97. The molecule has 1 aromatic carbocycles. The third-order valence-corrected chi connectivity index (χ3v) is 3.97. The van der Waals surface area contributed by atoms with Crippen LogP contribution in [0, 0.1) is 18.3 Å². The molecule has 0 spiro atoms. The number of aliphatic hydroxyl groups excluding tert-OH is 1. The summed E-state index contributed by atoms with van der Waals surface area (Å²) in [5.74, 6) is -0.160. The van der Waals surface area contributed by atoms with E-state index in [0.717, 1.165) is 29.0 Å². The van der Waals surface area contributed by atoms with E-state index in [1.54, 1.807) is 24.5 Å². The van der Waals surface area contributed by atoms with Crippen molar-refractivity contribution in [3.63, 3.8) is 0 Å². The Kier molecular flexibility index (Phi) is 5.79. The fourth-order valence-corrected chi connectivity index (χ4v) is 2.73. The number of aromatic nitrogens is 4. The first-order valence-corrected chi connectivity index (χ1v) is 8.61. The van der Waals surface area contributed by atoms with Crippen molar-refractivity contribution < 1.29 is 18.3 Å². The fraction of sp³-hybridized carbons (Fsp3) is 0.263. The summed E-state index contributed by atoms with van der Waals surface area (Å²) in [5, 5.41) is 25.3. The minimum atomic E-state index is -4.55. The Hall–Kier alpha value is -3.45. The summed E-state index contributed by atoms with van der Waals surface area (Å²) in [5.41, 5.74) is 1.90. The molecule has 0 bridgehead atoms. The molecule has 3 aromatic rings. The molecule has 29 heavy (non-hydrogen) atoms. The van der Waals surface area contributed by atoms with Gasteiger partial charge in [-0.2, -0.15) is 23.5 Å². The Morgan fingerprint density at radius 2 is 2.07 bits per heavy atom. The van der Waals surface area contributed by atoms with Crippen LogP contribution in [0.2, 0.25) is 0 Å². The van der Waals surface area contributed by atoms with E-state index in [4.69, 9.17) is 5.26 Å². The third kappa shape index (κ3) is 5.30. The van der Waals surface area contributed by atoms with E-state index in [0.29, 0.717) is 5.69 Å². The lowest BCUT2D eigenvalue weighted by Gasteiger charge is -2.10. The largest absolute Gasteiger partial charge is 0.433 e. The van der Waals surface area contributed by atoms with E-state index in [9.17, 15) is 18.3 Å². The summed E-state index contributed by atoms with van der Waals surface area (Å²) in [7, 11) is 0. The molecule has 0 amide bonds. The van der Waals surface area contributed by atoms with Gasteiger partial charge in [-0.15, -0.1) is 0 Å². The van der Waals surface area contributed by atoms with E-state index in [2.05, 4.69) is 20.4 Å². The van der Waals surface area contributed by atoms with Crippen LogP contribution >= 0.6 is 0 Å². The SMILES string of the molecule is Cc1cc(Nc2nccc(C(F)(F)F)n2)cc(-c2cnn(CC(O)CC#N)c2)c1. The van der Waals surface area contributed by atoms with Gasteiger partial charge in [0.25, 0.3) is 0 Å². The predicted molar refractivity (Wildman–Crippen MR) is 99.0 cm³/mol. The fourth-order valence-electron chi connectivity index (χ4n) is 2.73. The second-order valence-electron chi connectivity index (χ2n) is 6.44. The zero-order valence-electron chi connectivity index (χ0n) is 15.4. The molecule has 1 unspecified atom stereocenters. The molecule has 0 aliphatic carbocycles. The van der Waals surface area contributed by atoms with Crippen molar-refractivity contribution in [3.8, 4) is 17.2 Å². The summed E-state index contributed by atoms with van der Waals surface area (Å²) >= 11 is 0. The zero-order valence-corrected chi connectivity index (χ0v) is 15.4. The van der Waals surface area contributed by atoms with Gasteiger partial charge in [0.2, 0.25) is 5.95 Å². The molecule has 0 aliphatic heterocycles. The number of rotatable bonds is 6. The van der Waals surface area contributed by atoms with Crippen LogP contribution in [0.1, 0.15) is 17.7 Å². The summed E-state index contributed by atoms with van der Waals surface area (Å²) in [6.07, 6.45) is -0.989. The number of halogens is 3. The highest BCUT2D eigenvalue weighted by atomic mass is 19.4. The lowest BCUT2D eigenvalue weighted by Crippen LogP contribution is -2.15. The normalized spacial score (nSPS) is 12.4. The standard InChI is InChI=1S/C19H17F3N6O/c1-12-6-13(14-9-25-28(10-14)11-16(29)2-4-23)8-15(7-12)26-18-24-5-3-17(27-18)19(20,21)22/h3,5-10,16,29H,2,11H2,1H3,(H,24,26,27). The van der Waals surface area contributed by atoms with Crippen LogP contribution in [0.3, 0.4) is 0 Å². The minimum Gasteiger partial charge on any atom is -0.390 e. The van der Waals surface area contributed by atoms with Gasteiger partial charge in [0.05, 0.1) is 31.3 Å². The lowest BCUT2D eigenvalue weighted by molar-refractivity contribution is -0.141. The van der Waals surface area contributed by atoms with Crippen LogP contribution in [-0.2, 0) is 12.7 Å². The Balaban J connectivity index is 1.82. The quantitative estimate of drug-likeness (QED) is 0.652. The topological polar surface area (TPSA) is 99.7 Å². The first kappa shape index (κ1) is 20.3. The highest BCUT2D eigenvalue weighted by Gasteiger charge is 2.32. The molecule has 0 aliphatic rings. The molecule has 0 saturated carbocycles. The first-order valence-electron chi connectivity index (χ1n) is 8.61. The van der Waals surface area contributed by atoms with E-state index in [-0.39, 0.29) is 18.9 Å². The van der Waals surface area contributed by atoms with Crippen molar-refractivity contribution in [2.24, 2.45) is 0 Å². The number of benzene rings is 1. The van der Waals surface area contributed by atoms with Gasteiger partial charge in [0, 0.05) is 23.6 Å². The van der Waals surface area contributed by atoms with Crippen molar-refractivity contribution in [2.45, 2.75) is 32.2 Å². The molecule has 0 radical (unpaired) electrons. The highest BCUT2D eigenvalue weighted by Crippen LogP contribution is 2.29. The number of hydrogen-bond acceptors (Lipinski definition) is 6. The van der Waals surface area contributed by atoms with Crippen molar-refractivity contribution in [1.29, 1.82) is 5.26 Å². The summed E-state index contributed by atoms with van der Waals surface area (Å²) in [6, 6.07) is 8.10. The Morgan fingerprint density at radius 1 is 1.28 bits per heavy atom. The molecular weight excluding hydrogens is 385 g/mol. The molecule has 1 atom stereocenters. The van der Waals surface area contributed by atoms with Gasteiger partial charge in [0.15, 0.2) is 0 Å². The van der Waals surface area contributed by atoms with Gasteiger partial charge in [-0.3, -0.25) is 4.68 Å². The molecule has 2 heterocycles. The van der Waals surface area contributed by atoms with Crippen molar-refractivity contribution in [2.75, 3.05) is 5.32 Å². The number of nitrogens with zero attached hydrogens (tertiary/aromatic N) is 5. The molecule has 7 nitrogen and oxygen atoms in total. The summed E-state index contributed by atoms with van der Waals surface area (Å²) in [6.45, 7) is 2.03. The van der Waals surface area contributed by atoms with Crippen LogP contribution in [0.4, 0.5) is 24.8 Å². The molecule has 10 heteroatoms. The second kappa shape index (κ2) is 8.28. The number of alkyl halides is 3. The van der Waals surface area contributed by atoms with Crippen LogP contribution in [0.5, 0.6) is 0 Å². The Bertz CT molecular complexity index is 1040. The molecule has 0 saturated heterocycles. The number of nitrogens with one attached hydrogen (secondary N) is 1. The van der Waals surface area contributed by atoms with Crippen LogP contribution in [0.25, 0.3) is 11.1 Å². The molecule has 2 N–H and O–H groups in total. The summed E-state index contributed by atoms with van der Waals surface area (Å²) < 4.78 is 40.0. The molecule has 2 aromatic heterocycles. The zero-order chi connectivity index (χ0) is 21.0. The van der Waals surface area contributed by atoms with Crippen molar-refractivity contribution >= 4 is 11.6 Å². The van der Waals surface area contributed by atoms with E-state index in [1.807, 2.05) is 19.1 Å². The maximum atomic E-state index is 12.8. The molecular formula is C19H17F3N6O. The van der Waals surface area contributed by atoms with E-state index >= 15 is 0 Å². The average molecular weight is 402 g/mol. The molecule has 0 fully saturated rings. The Morgan fingerprint density at radius 3 is 2.79 bits per heavy atom. The van der Waals surface area contributed by atoms with Crippen molar-refractivity contribution in [1.82, 2.24) is 19.7 Å². The van der Waals surface area contributed by atoms with Gasteiger partial charge in [-0.25, -0.2) is 9.97 Å². The van der Waals surface area contributed by atoms with Gasteiger partial charge in [-0.05, 0) is 36.2 Å². The van der Waals surface area contributed by atoms with E-state index in [1.165, 1.54) is 4.68 Å². The average Bonchev–Trinajstić information content (AvgIpc) is 3.09. The number of aliphatic hydroxyl groups is 1. The van der Waals surface area contributed by atoms with Gasteiger partial charge in [-0.1, -0.05) is 6.07 Å². The molecule has 150 valence electrons. The lowest BCUT2D eigenvalue weighted by atomic mass is 10.1. The van der Waals surface area contributed by atoms with Crippen molar-refractivity contribution in [3.05, 3.63) is 54.1 Å². The number of nitriles is 1. The first-order chi connectivity index (χ1) is 13.7. The number of hydrogen-bond donors (Lipinski definition) is 2. The highest BCUT2D eigenvalue weighted by molar-refractivity contribution is 5.70.